The third kappa shape index (κ3) is 3.85. The Morgan fingerprint density at radius 1 is 1.61 bits per heavy atom. The smallest absolute Gasteiger partial charge is 0.327 e. The number of hydrogen-bond donors (Lipinski definition) is 2. The molecule has 18 heavy (non-hydrogen) atoms. The van der Waals surface area contributed by atoms with Crippen LogP contribution in [0.1, 0.15) is 6.92 Å². The number of nitro benzene ring substituents is 1. The zero-order valence-corrected chi connectivity index (χ0v) is 11.0. The van der Waals surface area contributed by atoms with Gasteiger partial charge in [0.1, 0.15) is 5.69 Å². The summed E-state index contributed by atoms with van der Waals surface area (Å²) in [6, 6.07) is 3.83. The van der Waals surface area contributed by atoms with Crippen molar-refractivity contribution in [2.45, 2.75) is 12.5 Å². The molecule has 7 heteroatoms. The van der Waals surface area contributed by atoms with Crippen LogP contribution in [0.15, 0.2) is 18.2 Å². The average molecular weight is 274 g/mol. The van der Waals surface area contributed by atoms with Crippen LogP contribution in [0.4, 0.5) is 15.8 Å². The van der Waals surface area contributed by atoms with E-state index in [2.05, 4.69) is 5.32 Å². The van der Waals surface area contributed by atoms with Crippen LogP contribution in [0.3, 0.4) is 0 Å². The van der Waals surface area contributed by atoms with Crippen LogP contribution < -0.4 is 5.32 Å². The lowest BCUT2D eigenvalue weighted by Crippen LogP contribution is -2.36. The number of benzene rings is 1. The molecule has 0 aliphatic heterocycles. The van der Waals surface area contributed by atoms with Gasteiger partial charge in [-0.15, -0.1) is 0 Å². The van der Waals surface area contributed by atoms with Gasteiger partial charge in [0, 0.05) is 12.3 Å². The number of thioether (sulfide) groups is 1. The maximum atomic E-state index is 13.3. The molecule has 0 aliphatic rings. The summed E-state index contributed by atoms with van der Waals surface area (Å²) in [5.74, 6) is -0.419. The molecule has 0 bridgehead atoms. The number of nitro groups is 1. The van der Waals surface area contributed by atoms with Crippen molar-refractivity contribution in [1.82, 2.24) is 0 Å². The Hall–Kier alpha value is -1.34. The van der Waals surface area contributed by atoms with E-state index in [1.54, 1.807) is 6.92 Å². The van der Waals surface area contributed by atoms with Gasteiger partial charge < -0.3 is 10.4 Å². The first-order chi connectivity index (χ1) is 8.37. The highest BCUT2D eigenvalue weighted by Gasteiger charge is 2.23. The Balaban J connectivity index is 2.85. The molecular formula is C11H15FN2O3S. The van der Waals surface area contributed by atoms with Gasteiger partial charge in [0.05, 0.1) is 10.5 Å². The minimum Gasteiger partial charge on any atom is -0.387 e. The largest absolute Gasteiger partial charge is 0.387 e. The number of rotatable bonds is 6. The van der Waals surface area contributed by atoms with Crippen molar-refractivity contribution in [2.24, 2.45) is 0 Å². The second kappa shape index (κ2) is 6.01. The topological polar surface area (TPSA) is 75.4 Å². The summed E-state index contributed by atoms with van der Waals surface area (Å²) >= 11 is 1.46. The first-order valence-electron chi connectivity index (χ1n) is 5.25. The molecule has 0 spiro atoms. The summed E-state index contributed by atoms with van der Waals surface area (Å²) in [7, 11) is 0. The van der Waals surface area contributed by atoms with E-state index in [0.29, 0.717) is 5.75 Å². The third-order valence-electron chi connectivity index (χ3n) is 2.28. The van der Waals surface area contributed by atoms with E-state index in [9.17, 15) is 19.6 Å². The second-order valence-corrected chi connectivity index (χ2v) is 5.04. The van der Waals surface area contributed by atoms with Gasteiger partial charge in [-0.05, 0) is 25.3 Å². The molecule has 0 radical (unpaired) electrons. The fourth-order valence-corrected chi connectivity index (χ4v) is 2.22. The Bertz CT molecular complexity index is 440. The van der Waals surface area contributed by atoms with E-state index in [1.807, 2.05) is 6.26 Å². The van der Waals surface area contributed by atoms with Crippen molar-refractivity contribution in [3.05, 3.63) is 34.1 Å². The van der Waals surface area contributed by atoms with Crippen LogP contribution in [-0.2, 0) is 0 Å². The van der Waals surface area contributed by atoms with Crippen molar-refractivity contribution >= 4 is 23.1 Å². The zero-order valence-electron chi connectivity index (χ0n) is 10.1. The highest BCUT2D eigenvalue weighted by molar-refractivity contribution is 7.98. The summed E-state index contributed by atoms with van der Waals surface area (Å²) in [5, 5.41) is 23.4. The number of aliphatic hydroxyl groups is 1. The number of para-hydroxylation sites is 1. The monoisotopic (exact) mass is 274 g/mol. The first-order valence-corrected chi connectivity index (χ1v) is 6.65. The molecule has 0 saturated carbocycles. The summed E-state index contributed by atoms with van der Waals surface area (Å²) < 4.78 is 13.3. The Morgan fingerprint density at radius 3 is 2.83 bits per heavy atom. The van der Waals surface area contributed by atoms with E-state index in [-0.39, 0.29) is 12.2 Å². The molecule has 0 fully saturated rings. The molecule has 0 aliphatic carbocycles. The van der Waals surface area contributed by atoms with E-state index in [0.717, 1.165) is 6.07 Å². The van der Waals surface area contributed by atoms with Gasteiger partial charge in [0.25, 0.3) is 0 Å². The van der Waals surface area contributed by atoms with Crippen molar-refractivity contribution < 1.29 is 14.4 Å². The van der Waals surface area contributed by atoms with E-state index < -0.39 is 22.0 Å². The molecule has 1 aromatic rings. The highest BCUT2D eigenvalue weighted by Crippen LogP contribution is 2.27. The standard InChI is InChI=1S/C11H15FN2O3S/c1-11(15,7-18-2)6-13-9-5-3-4-8(12)10(9)14(16)17/h3-5,13,15H,6-7H2,1-2H3. The number of nitrogens with zero attached hydrogens (tertiary/aromatic N) is 1. The molecule has 0 aromatic heterocycles. The summed E-state index contributed by atoms with van der Waals surface area (Å²) in [5.41, 5.74) is -1.54. The Morgan fingerprint density at radius 2 is 2.28 bits per heavy atom. The maximum absolute atomic E-state index is 13.3. The number of hydrogen-bond acceptors (Lipinski definition) is 5. The molecule has 1 aromatic carbocycles. The van der Waals surface area contributed by atoms with Crippen LogP contribution in [0, 0.1) is 15.9 Å². The van der Waals surface area contributed by atoms with Crippen LogP contribution in [0.2, 0.25) is 0 Å². The van der Waals surface area contributed by atoms with Crippen LogP contribution in [0.5, 0.6) is 0 Å². The number of nitrogens with one attached hydrogen (secondary N) is 1. The van der Waals surface area contributed by atoms with Gasteiger partial charge in [-0.1, -0.05) is 6.07 Å². The molecule has 1 atom stereocenters. The predicted octanol–water partition coefficient (Wildman–Crippen LogP) is 2.26. The quantitative estimate of drug-likeness (QED) is 0.614. The van der Waals surface area contributed by atoms with Crippen LogP contribution >= 0.6 is 11.8 Å². The molecule has 0 saturated heterocycles. The second-order valence-electron chi connectivity index (χ2n) is 4.18. The van der Waals surface area contributed by atoms with Gasteiger partial charge >= 0.3 is 5.69 Å². The lowest BCUT2D eigenvalue weighted by Gasteiger charge is -2.23. The fraction of sp³-hybridized carbons (Fsp3) is 0.455. The molecule has 0 amide bonds. The molecular weight excluding hydrogens is 259 g/mol. The third-order valence-corrected chi connectivity index (χ3v) is 3.19. The minimum atomic E-state index is -1.01. The van der Waals surface area contributed by atoms with E-state index >= 15 is 0 Å². The van der Waals surface area contributed by atoms with Crippen LogP contribution in [-0.4, -0.2) is 34.2 Å². The normalized spacial score (nSPS) is 14.0. The SMILES string of the molecule is CSCC(C)(O)CNc1cccc(F)c1[N+](=O)[O-]. The fourth-order valence-electron chi connectivity index (χ4n) is 1.49. The van der Waals surface area contributed by atoms with Gasteiger partial charge in [0.2, 0.25) is 5.82 Å². The summed E-state index contributed by atoms with van der Waals surface area (Å²) in [4.78, 5) is 9.97. The average Bonchev–Trinajstić information content (AvgIpc) is 2.26. The molecule has 5 nitrogen and oxygen atoms in total. The maximum Gasteiger partial charge on any atom is 0.327 e. The summed E-state index contributed by atoms with van der Waals surface area (Å²) in [6.07, 6.45) is 1.85. The van der Waals surface area contributed by atoms with E-state index in [4.69, 9.17) is 0 Å². The first kappa shape index (κ1) is 14.7. The molecule has 100 valence electrons. The minimum absolute atomic E-state index is 0.0707. The lowest BCUT2D eigenvalue weighted by molar-refractivity contribution is -0.386. The lowest BCUT2D eigenvalue weighted by atomic mass is 10.1. The van der Waals surface area contributed by atoms with E-state index in [1.165, 1.54) is 23.9 Å². The molecule has 0 heterocycles. The Kier molecular flexibility index (Phi) is 4.92. The van der Waals surface area contributed by atoms with Crippen molar-refractivity contribution in [3.8, 4) is 0 Å². The van der Waals surface area contributed by atoms with Crippen molar-refractivity contribution in [3.63, 3.8) is 0 Å². The van der Waals surface area contributed by atoms with Gasteiger partial charge in [-0.2, -0.15) is 16.2 Å². The van der Waals surface area contributed by atoms with Gasteiger partial charge in [0.15, 0.2) is 0 Å². The highest BCUT2D eigenvalue weighted by atomic mass is 32.2. The number of halogens is 1. The van der Waals surface area contributed by atoms with Crippen molar-refractivity contribution in [2.75, 3.05) is 23.9 Å². The Labute approximate surface area is 109 Å². The zero-order chi connectivity index (χ0) is 13.8. The molecule has 1 unspecified atom stereocenters. The molecule has 2 N–H and O–H groups in total. The summed E-state index contributed by atoms with van der Waals surface area (Å²) in [6.45, 7) is 1.72. The van der Waals surface area contributed by atoms with Gasteiger partial charge in [-0.25, -0.2) is 0 Å². The van der Waals surface area contributed by atoms with Gasteiger partial charge in [-0.3, -0.25) is 10.1 Å². The molecule has 1 rings (SSSR count). The van der Waals surface area contributed by atoms with Crippen LogP contribution in [0.25, 0.3) is 0 Å². The van der Waals surface area contributed by atoms with Crippen molar-refractivity contribution in [1.29, 1.82) is 0 Å². The number of anilines is 1. The predicted molar refractivity (Wildman–Crippen MR) is 70.5 cm³/mol.